The number of rotatable bonds is 3. The normalized spacial score (nSPS) is 12.5. The molecule has 1 amide bonds. The first-order valence-electron chi connectivity index (χ1n) is 3.99. The minimum atomic E-state index is -0.558. The van der Waals surface area contributed by atoms with Crippen LogP contribution in [0.5, 0.6) is 0 Å². The van der Waals surface area contributed by atoms with Crippen molar-refractivity contribution >= 4 is 5.91 Å². The van der Waals surface area contributed by atoms with E-state index in [0.29, 0.717) is 5.76 Å². The largest absolute Gasteiger partial charge is 0.392 e. The van der Waals surface area contributed by atoms with Gasteiger partial charge in [0.2, 0.25) is 0 Å². The van der Waals surface area contributed by atoms with Crippen LogP contribution in [-0.2, 0) is 0 Å². The zero-order valence-corrected chi connectivity index (χ0v) is 7.57. The molecule has 72 valence electrons. The number of hydrogen-bond acceptors (Lipinski definition) is 4. The lowest BCUT2D eigenvalue weighted by Crippen LogP contribution is -2.30. The Labute approximate surface area is 75.7 Å². The van der Waals surface area contributed by atoms with E-state index in [1.165, 1.54) is 6.07 Å². The monoisotopic (exact) mass is 184 g/mol. The molecule has 5 nitrogen and oxygen atoms in total. The third kappa shape index (κ3) is 2.87. The van der Waals surface area contributed by atoms with Gasteiger partial charge in [0, 0.05) is 12.6 Å². The van der Waals surface area contributed by atoms with Gasteiger partial charge in [0.15, 0.2) is 5.69 Å². The van der Waals surface area contributed by atoms with Crippen LogP contribution in [0.15, 0.2) is 10.6 Å². The lowest BCUT2D eigenvalue weighted by atomic mass is 10.3. The van der Waals surface area contributed by atoms with Crippen molar-refractivity contribution in [2.75, 3.05) is 6.54 Å². The first kappa shape index (κ1) is 9.73. The van der Waals surface area contributed by atoms with Crippen LogP contribution in [-0.4, -0.2) is 28.8 Å². The summed E-state index contributed by atoms with van der Waals surface area (Å²) in [7, 11) is 0. The maximum Gasteiger partial charge on any atom is 0.273 e. The molecule has 0 saturated heterocycles. The molecular formula is C8H12N2O3. The van der Waals surface area contributed by atoms with Gasteiger partial charge >= 0.3 is 0 Å². The number of carbonyl (C=O) groups excluding carboxylic acids is 1. The summed E-state index contributed by atoms with van der Waals surface area (Å²) in [5.74, 6) is 0.250. The third-order valence-corrected chi connectivity index (χ3v) is 1.42. The predicted octanol–water partition coefficient (Wildman–Crippen LogP) is 0.0936. The second-order valence-corrected chi connectivity index (χ2v) is 2.88. The summed E-state index contributed by atoms with van der Waals surface area (Å²) in [6.45, 7) is 3.51. The van der Waals surface area contributed by atoms with E-state index in [-0.39, 0.29) is 18.1 Å². The standard InChI is InChI=1S/C8H12N2O3/c1-5(11)4-9-8(12)7-3-6(2)13-10-7/h3,5,11H,4H2,1-2H3,(H,9,12). The van der Waals surface area contributed by atoms with E-state index in [4.69, 9.17) is 9.63 Å². The van der Waals surface area contributed by atoms with Crippen LogP contribution in [0.4, 0.5) is 0 Å². The molecule has 1 heterocycles. The molecular weight excluding hydrogens is 172 g/mol. The first-order chi connectivity index (χ1) is 6.09. The van der Waals surface area contributed by atoms with Crippen LogP contribution >= 0.6 is 0 Å². The zero-order chi connectivity index (χ0) is 9.84. The average Bonchev–Trinajstić information content (AvgIpc) is 2.47. The third-order valence-electron chi connectivity index (χ3n) is 1.42. The van der Waals surface area contributed by atoms with Crippen LogP contribution in [0.3, 0.4) is 0 Å². The molecule has 5 heteroatoms. The molecule has 1 aromatic rings. The predicted molar refractivity (Wildman–Crippen MR) is 45.3 cm³/mol. The minimum absolute atomic E-state index is 0.213. The smallest absolute Gasteiger partial charge is 0.273 e. The molecule has 1 unspecified atom stereocenters. The highest BCUT2D eigenvalue weighted by atomic mass is 16.5. The van der Waals surface area contributed by atoms with E-state index >= 15 is 0 Å². The molecule has 1 atom stereocenters. The minimum Gasteiger partial charge on any atom is -0.392 e. The van der Waals surface area contributed by atoms with Gasteiger partial charge in [-0.3, -0.25) is 4.79 Å². The number of aryl methyl sites for hydroxylation is 1. The molecule has 0 aliphatic rings. The molecule has 13 heavy (non-hydrogen) atoms. The molecule has 0 spiro atoms. The number of hydrogen-bond donors (Lipinski definition) is 2. The number of nitrogens with zero attached hydrogens (tertiary/aromatic N) is 1. The summed E-state index contributed by atoms with van der Waals surface area (Å²) in [5, 5.41) is 14.9. The maximum absolute atomic E-state index is 11.2. The van der Waals surface area contributed by atoms with E-state index in [1.54, 1.807) is 13.8 Å². The van der Waals surface area contributed by atoms with Crippen molar-refractivity contribution in [2.45, 2.75) is 20.0 Å². The van der Waals surface area contributed by atoms with Gasteiger partial charge < -0.3 is 14.9 Å². The molecule has 0 fully saturated rings. The van der Waals surface area contributed by atoms with Crippen LogP contribution in [0, 0.1) is 6.92 Å². The van der Waals surface area contributed by atoms with Crippen molar-refractivity contribution in [1.82, 2.24) is 10.5 Å². The number of amides is 1. The zero-order valence-electron chi connectivity index (χ0n) is 7.57. The fraction of sp³-hybridized carbons (Fsp3) is 0.500. The van der Waals surface area contributed by atoms with E-state index in [1.807, 2.05) is 0 Å². The fourth-order valence-electron chi connectivity index (χ4n) is 0.804. The molecule has 1 aromatic heterocycles. The second-order valence-electron chi connectivity index (χ2n) is 2.88. The van der Waals surface area contributed by atoms with Crippen LogP contribution in [0.25, 0.3) is 0 Å². The van der Waals surface area contributed by atoms with Gasteiger partial charge in [0.05, 0.1) is 6.10 Å². The van der Waals surface area contributed by atoms with Crippen molar-refractivity contribution in [3.05, 3.63) is 17.5 Å². The summed E-state index contributed by atoms with van der Waals surface area (Å²) in [6.07, 6.45) is -0.558. The first-order valence-corrected chi connectivity index (χ1v) is 3.99. The number of aliphatic hydroxyl groups is 1. The number of aliphatic hydroxyl groups excluding tert-OH is 1. The van der Waals surface area contributed by atoms with Gasteiger partial charge in [-0.25, -0.2) is 0 Å². The molecule has 0 radical (unpaired) electrons. The van der Waals surface area contributed by atoms with Gasteiger partial charge in [0.25, 0.3) is 5.91 Å². The topological polar surface area (TPSA) is 75.4 Å². The van der Waals surface area contributed by atoms with Crippen LogP contribution in [0.2, 0.25) is 0 Å². The van der Waals surface area contributed by atoms with Crippen molar-refractivity contribution in [1.29, 1.82) is 0 Å². The maximum atomic E-state index is 11.2. The van der Waals surface area contributed by atoms with Gasteiger partial charge in [-0.1, -0.05) is 5.16 Å². The van der Waals surface area contributed by atoms with Gasteiger partial charge in [-0.15, -0.1) is 0 Å². The molecule has 0 bridgehead atoms. The number of nitrogens with one attached hydrogen (secondary N) is 1. The molecule has 2 N–H and O–H groups in total. The quantitative estimate of drug-likeness (QED) is 0.698. The van der Waals surface area contributed by atoms with E-state index in [0.717, 1.165) is 0 Å². The SMILES string of the molecule is Cc1cc(C(=O)NCC(C)O)no1. The lowest BCUT2D eigenvalue weighted by Gasteiger charge is -2.03. The molecule has 0 aromatic carbocycles. The second kappa shape index (κ2) is 4.04. The summed E-state index contributed by atoms with van der Waals surface area (Å²) in [6, 6.07) is 1.54. The highest BCUT2D eigenvalue weighted by Gasteiger charge is 2.10. The summed E-state index contributed by atoms with van der Waals surface area (Å²) >= 11 is 0. The van der Waals surface area contributed by atoms with E-state index in [2.05, 4.69) is 10.5 Å². The van der Waals surface area contributed by atoms with E-state index in [9.17, 15) is 4.79 Å². The number of aromatic nitrogens is 1. The Hall–Kier alpha value is -1.36. The Morgan fingerprint density at radius 2 is 2.54 bits per heavy atom. The fourth-order valence-corrected chi connectivity index (χ4v) is 0.804. The van der Waals surface area contributed by atoms with Crippen LogP contribution < -0.4 is 5.32 Å². The molecule has 0 saturated carbocycles. The summed E-state index contributed by atoms with van der Waals surface area (Å²) in [5.41, 5.74) is 0.234. The van der Waals surface area contributed by atoms with E-state index < -0.39 is 6.10 Å². The average molecular weight is 184 g/mol. The Balaban J connectivity index is 2.49. The van der Waals surface area contributed by atoms with Gasteiger partial charge in [-0.05, 0) is 13.8 Å². The number of carbonyl (C=O) groups is 1. The van der Waals surface area contributed by atoms with Crippen LogP contribution in [0.1, 0.15) is 23.2 Å². The van der Waals surface area contributed by atoms with Crippen molar-refractivity contribution < 1.29 is 14.4 Å². The highest BCUT2D eigenvalue weighted by molar-refractivity contribution is 5.92. The molecule has 1 rings (SSSR count). The summed E-state index contributed by atoms with van der Waals surface area (Å²) in [4.78, 5) is 11.2. The Bertz CT molecular complexity index is 293. The lowest BCUT2D eigenvalue weighted by molar-refractivity contribution is 0.0915. The molecule has 0 aliphatic carbocycles. The Morgan fingerprint density at radius 1 is 1.85 bits per heavy atom. The Morgan fingerprint density at radius 3 is 3.00 bits per heavy atom. The van der Waals surface area contributed by atoms with Crippen molar-refractivity contribution in [3.63, 3.8) is 0 Å². The Kier molecular flexibility index (Phi) is 3.02. The molecule has 0 aliphatic heterocycles. The van der Waals surface area contributed by atoms with Crippen molar-refractivity contribution in [3.8, 4) is 0 Å². The summed E-state index contributed by atoms with van der Waals surface area (Å²) < 4.78 is 4.72. The van der Waals surface area contributed by atoms with Crippen molar-refractivity contribution in [2.24, 2.45) is 0 Å². The van der Waals surface area contributed by atoms with Gasteiger partial charge in [0.1, 0.15) is 5.76 Å². The highest BCUT2D eigenvalue weighted by Crippen LogP contribution is 2.00. The van der Waals surface area contributed by atoms with Gasteiger partial charge in [-0.2, -0.15) is 0 Å².